The van der Waals surface area contributed by atoms with E-state index in [9.17, 15) is 4.79 Å². The first kappa shape index (κ1) is 12.1. The van der Waals surface area contributed by atoms with Crippen LogP contribution in [0.2, 0.25) is 0 Å². The second-order valence-electron chi connectivity index (χ2n) is 4.85. The number of hydrogen-bond acceptors (Lipinski definition) is 4. The van der Waals surface area contributed by atoms with E-state index in [-0.39, 0.29) is 11.9 Å². The first-order chi connectivity index (χ1) is 8.08. The zero-order valence-corrected chi connectivity index (χ0v) is 10.3. The van der Waals surface area contributed by atoms with Crippen LogP contribution in [0.3, 0.4) is 0 Å². The van der Waals surface area contributed by atoms with Crippen molar-refractivity contribution in [2.24, 2.45) is 11.7 Å². The van der Waals surface area contributed by atoms with E-state index >= 15 is 0 Å². The van der Waals surface area contributed by atoms with Crippen molar-refractivity contribution >= 4 is 5.91 Å². The van der Waals surface area contributed by atoms with Gasteiger partial charge in [0.1, 0.15) is 0 Å². The van der Waals surface area contributed by atoms with E-state index in [1.165, 1.54) is 0 Å². The van der Waals surface area contributed by atoms with Gasteiger partial charge in [-0.3, -0.25) is 4.79 Å². The highest BCUT2D eigenvalue weighted by atomic mass is 16.5. The molecular weight excluding hydrogens is 218 g/mol. The van der Waals surface area contributed by atoms with Gasteiger partial charge in [0, 0.05) is 25.2 Å². The zero-order valence-electron chi connectivity index (χ0n) is 10.3. The SMILES string of the molecule is Cc1cc(C(=O)N2CCC[C@H]([C@H](C)N)C2)on1. The maximum Gasteiger partial charge on any atom is 0.292 e. The quantitative estimate of drug-likeness (QED) is 0.838. The lowest BCUT2D eigenvalue weighted by molar-refractivity contribution is 0.0619. The summed E-state index contributed by atoms with van der Waals surface area (Å²) in [5.74, 6) is 0.639. The molecule has 1 aromatic heterocycles. The van der Waals surface area contributed by atoms with E-state index in [0.717, 1.165) is 31.6 Å². The Hall–Kier alpha value is -1.36. The van der Waals surface area contributed by atoms with Gasteiger partial charge >= 0.3 is 0 Å². The fraction of sp³-hybridized carbons (Fsp3) is 0.667. The highest BCUT2D eigenvalue weighted by molar-refractivity contribution is 5.91. The summed E-state index contributed by atoms with van der Waals surface area (Å²) in [6.07, 6.45) is 2.10. The minimum atomic E-state index is -0.0732. The van der Waals surface area contributed by atoms with Crippen LogP contribution in [0.1, 0.15) is 36.0 Å². The number of aromatic nitrogens is 1. The van der Waals surface area contributed by atoms with E-state index in [4.69, 9.17) is 10.3 Å². The molecule has 1 amide bonds. The third kappa shape index (κ3) is 2.66. The average molecular weight is 237 g/mol. The third-order valence-corrected chi connectivity index (χ3v) is 3.33. The molecule has 0 aliphatic carbocycles. The van der Waals surface area contributed by atoms with Crippen molar-refractivity contribution in [1.29, 1.82) is 0 Å². The molecule has 5 nitrogen and oxygen atoms in total. The van der Waals surface area contributed by atoms with Crippen LogP contribution < -0.4 is 5.73 Å². The first-order valence-electron chi connectivity index (χ1n) is 6.06. The van der Waals surface area contributed by atoms with E-state index in [1.807, 2.05) is 11.8 Å². The van der Waals surface area contributed by atoms with Gasteiger partial charge in [-0.15, -0.1) is 0 Å². The van der Waals surface area contributed by atoms with Crippen LogP contribution >= 0.6 is 0 Å². The molecule has 2 heterocycles. The Bertz CT molecular complexity index is 400. The van der Waals surface area contributed by atoms with Gasteiger partial charge in [0.25, 0.3) is 5.91 Å². The summed E-state index contributed by atoms with van der Waals surface area (Å²) in [5.41, 5.74) is 6.63. The van der Waals surface area contributed by atoms with Gasteiger partial charge in [0.2, 0.25) is 5.76 Å². The third-order valence-electron chi connectivity index (χ3n) is 3.33. The number of piperidine rings is 1. The van der Waals surface area contributed by atoms with Crippen LogP contribution in [-0.4, -0.2) is 35.1 Å². The second-order valence-corrected chi connectivity index (χ2v) is 4.85. The topological polar surface area (TPSA) is 72.4 Å². The summed E-state index contributed by atoms with van der Waals surface area (Å²) < 4.78 is 5.00. The van der Waals surface area contributed by atoms with Crippen molar-refractivity contribution in [2.45, 2.75) is 32.7 Å². The van der Waals surface area contributed by atoms with E-state index in [1.54, 1.807) is 13.0 Å². The Morgan fingerprint density at radius 1 is 1.71 bits per heavy atom. The second kappa shape index (κ2) is 4.87. The summed E-state index contributed by atoms with van der Waals surface area (Å²) >= 11 is 0. The first-order valence-corrected chi connectivity index (χ1v) is 6.06. The standard InChI is InChI=1S/C12H19N3O2/c1-8-6-11(17-14-8)12(16)15-5-3-4-10(7-15)9(2)13/h6,9-10H,3-5,7,13H2,1-2H3/t9-,10-/m0/s1. The van der Waals surface area contributed by atoms with Crippen LogP contribution in [0.25, 0.3) is 0 Å². The molecule has 1 saturated heterocycles. The highest BCUT2D eigenvalue weighted by Gasteiger charge is 2.28. The summed E-state index contributed by atoms with van der Waals surface area (Å²) in [4.78, 5) is 13.9. The maximum absolute atomic E-state index is 12.1. The van der Waals surface area contributed by atoms with Crippen molar-refractivity contribution in [2.75, 3.05) is 13.1 Å². The lowest BCUT2D eigenvalue weighted by Gasteiger charge is -2.34. The summed E-state index contributed by atoms with van der Waals surface area (Å²) in [6.45, 7) is 5.30. The molecule has 1 aliphatic heterocycles. The number of nitrogens with zero attached hydrogens (tertiary/aromatic N) is 2. The Kier molecular flexibility index (Phi) is 3.47. The van der Waals surface area contributed by atoms with Crippen molar-refractivity contribution < 1.29 is 9.32 Å². The number of amides is 1. The Morgan fingerprint density at radius 3 is 3.06 bits per heavy atom. The lowest BCUT2D eigenvalue weighted by Crippen LogP contribution is -2.44. The molecule has 2 N–H and O–H groups in total. The van der Waals surface area contributed by atoms with Gasteiger partial charge in [-0.05, 0) is 32.6 Å². The molecule has 17 heavy (non-hydrogen) atoms. The van der Waals surface area contributed by atoms with Crippen LogP contribution in [0, 0.1) is 12.8 Å². The molecular formula is C12H19N3O2. The van der Waals surface area contributed by atoms with Gasteiger partial charge in [0.05, 0.1) is 5.69 Å². The van der Waals surface area contributed by atoms with Gasteiger partial charge in [0.15, 0.2) is 0 Å². The van der Waals surface area contributed by atoms with Gasteiger partial charge in [-0.2, -0.15) is 0 Å². The van der Waals surface area contributed by atoms with Crippen molar-refractivity contribution in [3.8, 4) is 0 Å². The molecule has 0 radical (unpaired) electrons. The molecule has 0 saturated carbocycles. The molecule has 5 heteroatoms. The summed E-state index contributed by atoms with van der Waals surface area (Å²) in [7, 11) is 0. The summed E-state index contributed by atoms with van der Waals surface area (Å²) in [5, 5.41) is 3.74. The number of carbonyl (C=O) groups is 1. The average Bonchev–Trinajstić information content (AvgIpc) is 2.75. The molecule has 1 aliphatic rings. The molecule has 0 bridgehead atoms. The van der Waals surface area contributed by atoms with Crippen LogP contribution in [0.15, 0.2) is 10.6 Å². The number of carbonyl (C=O) groups excluding carboxylic acids is 1. The lowest BCUT2D eigenvalue weighted by atomic mass is 9.92. The number of rotatable bonds is 2. The van der Waals surface area contributed by atoms with Crippen molar-refractivity contribution in [3.63, 3.8) is 0 Å². The predicted molar refractivity (Wildman–Crippen MR) is 63.5 cm³/mol. The van der Waals surface area contributed by atoms with Crippen molar-refractivity contribution in [3.05, 3.63) is 17.5 Å². The Morgan fingerprint density at radius 2 is 2.47 bits per heavy atom. The van der Waals surface area contributed by atoms with E-state index in [2.05, 4.69) is 5.16 Å². The van der Waals surface area contributed by atoms with Gasteiger partial charge in [-0.1, -0.05) is 5.16 Å². The number of aryl methyl sites for hydroxylation is 1. The van der Waals surface area contributed by atoms with Gasteiger partial charge < -0.3 is 15.2 Å². The van der Waals surface area contributed by atoms with E-state index < -0.39 is 0 Å². The molecule has 0 spiro atoms. The molecule has 2 rings (SSSR count). The molecule has 2 atom stereocenters. The van der Waals surface area contributed by atoms with Crippen LogP contribution in [0.5, 0.6) is 0 Å². The largest absolute Gasteiger partial charge is 0.351 e. The zero-order chi connectivity index (χ0) is 12.4. The molecule has 1 fully saturated rings. The number of nitrogens with two attached hydrogens (primary N) is 1. The number of hydrogen-bond donors (Lipinski definition) is 1. The maximum atomic E-state index is 12.1. The monoisotopic (exact) mass is 237 g/mol. The molecule has 0 aromatic carbocycles. The number of likely N-dealkylation sites (tertiary alicyclic amines) is 1. The van der Waals surface area contributed by atoms with Crippen LogP contribution in [0.4, 0.5) is 0 Å². The van der Waals surface area contributed by atoms with E-state index in [0.29, 0.717) is 11.7 Å². The minimum Gasteiger partial charge on any atom is -0.351 e. The minimum absolute atomic E-state index is 0.0732. The smallest absolute Gasteiger partial charge is 0.292 e. The highest BCUT2D eigenvalue weighted by Crippen LogP contribution is 2.20. The predicted octanol–water partition coefficient (Wildman–Crippen LogP) is 1.18. The Balaban J connectivity index is 2.04. The normalized spacial score (nSPS) is 22.5. The van der Waals surface area contributed by atoms with Crippen molar-refractivity contribution in [1.82, 2.24) is 10.1 Å². The fourth-order valence-corrected chi connectivity index (χ4v) is 2.24. The molecule has 1 aromatic rings. The Labute approximate surface area is 101 Å². The molecule has 94 valence electrons. The molecule has 0 unspecified atom stereocenters. The summed E-state index contributed by atoms with van der Waals surface area (Å²) in [6, 6.07) is 1.81. The van der Waals surface area contributed by atoms with Gasteiger partial charge in [-0.25, -0.2) is 0 Å². The fourth-order valence-electron chi connectivity index (χ4n) is 2.24. The van der Waals surface area contributed by atoms with Crippen LogP contribution in [-0.2, 0) is 0 Å².